The van der Waals surface area contributed by atoms with Crippen LogP contribution in [0.15, 0.2) is 35.4 Å². The van der Waals surface area contributed by atoms with Crippen LogP contribution in [0.25, 0.3) is 0 Å². The van der Waals surface area contributed by atoms with Gasteiger partial charge in [-0.05, 0) is 82.1 Å². The van der Waals surface area contributed by atoms with Crippen molar-refractivity contribution < 1.29 is 26.8 Å². The second-order valence-electron chi connectivity index (χ2n) is 13.1. The number of nitrogens with one attached hydrogen (secondary N) is 2. The number of carbonyl (C=O) groups is 2. The van der Waals surface area contributed by atoms with E-state index in [9.17, 15) is 26.8 Å². The average Bonchev–Trinajstić information content (AvgIpc) is 3.48. The molecule has 11 nitrogen and oxygen atoms in total. The van der Waals surface area contributed by atoms with Crippen molar-refractivity contribution >= 4 is 39.4 Å². The molecule has 44 heavy (non-hydrogen) atoms. The van der Waals surface area contributed by atoms with E-state index in [1.165, 1.54) is 12.1 Å². The zero-order valence-corrected chi connectivity index (χ0v) is 25.9. The second-order valence-corrected chi connectivity index (χ2v) is 14.7. The maximum absolute atomic E-state index is 13.7. The average molecular weight is 632 g/mol. The third-order valence-electron chi connectivity index (χ3n) is 9.33. The molecular formula is C30H39F2N7O4S. The van der Waals surface area contributed by atoms with Gasteiger partial charge in [0.15, 0.2) is 5.03 Å². The number of hydrogen-bond acceptors (Lipinski definition) is 8. The van der Waals surface area contributed by atoms with Crippen molar-refractivity contribution in [3.8, 4) is 0 Å². The maximum Gasteiger partial charge on any atom is 0.325 e. The molecule has 5 heterocycles. The standard InChI is InChI=1S/C30H39F2N7O4S/c1-29(2)17-21-5-4-14-33-23-6-3-7-25(34-23)44(42,43)36-27(40)22-8-9-24(35-26(22)39(29)19-21)38-16-15-37(28(38)41)18-20-10-12-30(31,32)13-11-20/h3,6-9,20-21H,4-5,10-19H2,1-2H3,(H,33,34)(H,36,40)/t21-/m0/s1. The lowest BCUT2D eigenvalue weighted by molar-refractivity contribution is -0.0473. The van der Waals surface area contributed by atoms with E-state index in [0.717, 1.165) is 19.3 Å². The van der Waals surface area contributed by atoms with Crippen LogP contribution in [-0.4, -0.2) is 79.4 Å². The van der Waals surface area contributed by atoms with Crippen LogP contribution in [0.5, 0.6) is 0 Å². The summed E-state index contributed by atoms with van der Waals surface area (Å²) in [4.78, 5) is 41.4. The second kappa shape index (κ2) is 11.4. The van der Waals surface area contributed by atoms with E-state index in [2.05, 4.69) is 33.8 Å². The zero-order chi connectivity index (χ0) is 31.3. The van der Waals surface area contributed by atoms with Gasteiger partial charge in [-0.1, -0.05) is 6.07 Å². The van der Waals surface area contributed by atoms with Crippen LogP contribution in [0.2, 0.25) is 0 Å². The van der Waals surface area contributed by atoms with E-state index in [-0.39, 0.29) is 40.9 Å². The Labute approximate surface area is 256 Å². The predicted molar refractivity (Wildman–Crippen MR) is 162 cm³/mol. The third-order valence-corrected chi connectivity index (χ3v) is 10.6. The van der Waals surface area contributed by atoms with Crippen LogP contribution in [0.4, 0.5) is 31.0 Å². The van der Waals surface area contributed by atoms with Crippen LogP contribution in [0.3, 0.4) is 0 Å². The third kappa shape index (κ3) is 6.18. The number of anilines is 3. The first-order valence-corrected chi connectivity index (χ1v) is 16.8. The van der Waals surface area contributed by atoms with Gasteiger partial charge in [0, 0.05) is 51.1 Å². The van der Waals surface area contributed by atoms with Gasteiger partial charge in [-0.25, -0.2) is 28.3 Å². The fraction of sp³-hybridized carbons (Fsp3) is 0.600. The summed E-state index contributed by atoms with van der Waals surface area (Å²) in [6.45, 7) is 6.63. The monoisotopic (exact) mass is 631 g/mol. The minimum absolute atomic E-state index is 0.0267. The number of sulfonamides is 1. The number of carbonyl (C=O) groups excluding carboxylic acids is 2. The van der Waals surface area contributed by atoms with Crippen molar-refractivity contribution in [1.29, 1.82) is 0 Å². The SMILES string of the molecule is CC1(C)C[C@@H]2CCCNc3cccc(n3)S(=O)(=O)NC(=O)c3ccc(N4CCN(CC5CCC(F)(F)CC5)C4=O)nc3N1C2. The molecule has 2 aromatic heterocycles. The van der Waals surface area contributed by atoms with Gasteiger partial charge in [0.1, 0.15) is 17.5 Å². The summed E-state index contributed by atoms with van der Waals surface area (Å²) in [6.07, 6.45) is 3.07. The minimum atomic E-state index is -4.29. The number of fused-ring (bicyclic) bond motifs is 6. The fourth-order valence-corrected chi connectivity index (χ4v) is 7.92. The molecule has 1 saturated carbocycles. The summed E-state index contributed by atoms with van der Waals surface area (Å²) in [6, 6.07) is 7.42. The smallest absolute Gasteiger partial charge is 0.325 e. The molecule has 14 heteroatoms. The van der Waals surface area contributed by atoms with E-state index in [1.54, 1.807) is 28.0 Å². The molecule has 0 unspecified atom stereocenters. The van der Waals surface area contributed by atoms with Crippen molar-refractivity contribution in [2.45, 2.75) is 75.3 Å². The van der Waals surface area contributed by atoms with E-state index in [1.807, 2.05) is 0 Å². The van der Waals surface area contributed by atoms with Gasteiger partial charge in [0.25, 0.3) is 15.9 Å². The highest BCUT2D eigenvalue weighted by Crippen LogP contribution is 2.41. The van der Waals surface area contributed by atoms with E-state index < -0.39 is 21.9 Å². The summed E-state index contributed by atoms with van der Waals surface area (Å²) in [5, 5.41) is 2.91. The zero-order valence-electron chi connectivity index (χ0n) is 25.1. The van der Waals surface area contributed by atoms with Crippen molar-refractivity contribution in [2.24, 2.45) is 11.8 Å². The van der Waals surface area contributed by atoms with Crippen molar-refractivity contribution in [2.75, 3.05) is 47.8 Å². The lowest BCUT2D eigenvalue weighted by atomic mass is 9.86. The van der Waals surface area contributed by atoms with Crippen molar-refractivity contribution in [3.63, 3.8) is 0 Å². The maximum atomic E-state index is 13.7. The molecule has 1 atom stereocenters. The number of rotatable bonds is 3. The predicted octanol–water partition coefficient (Wildman–Crippen LogP) is 4.47. The molecule has 4 bridgehead atoms. The molecule has 3 amide bonds. The Morgan fingerprint density at radius 1 is 1.02 bits per heavy atom. The Morgan fingerprint density at radius 2 is 1.80 bits per heavy atom. The van der Waals surface area contributed by atoms with Gasteiger partial charge in [0.05, 0.1) is 5.56 Å². The first-order chi connectivity index (χ1) is 20.8. The number of halogens is 2. The van der Waals surface area contributed by atoms with Crippen LogP contribution in [0.1, 0.15) is 69.2 Å². The minimum Gasteiger partial charge on any atom is -0.370 e. The number of pyridine rings is 2. The molecule has 0 spiro atoms. The van der Waals surface area contributed by atoms with Crippen LogP contribution < -0.4 is 19.8 Å². The van der Waals surface area contributed by atoms with E-state index >= 15 is 0 Å². The molecule has 4 aliphatic rings. The Balaban J connectivity index is 1.30. The quantitative estimate of drug-likeness (QED) is 0.508. The number of nitrogens with zero attached hydrogens (tertiary/aromatic N) is 5. The summed E-state index contributed by atoms with van der Waals surface area (Å²) >= 11 is 0. The van der Waals surface area contributed by atoms with E-state index in [4.69, 9.17) is 4.98 Å². The first kappa shape index (κ1) is 30.5. The summed E-state index contributed by atoms with van der Waals surface area (Å²) in [7, 11) is -4.29. The molecule has 3 fully saturated rings. The fourth-order valence-electron chi connectivity index (χ4n) is 6.98. The lowest BCUT2D eigenvalue weighted by Gasteiger charge is -2.34. The molecule has 2 N–H and O–H groups in total. The number of amides is 3. The highest BCUT2D eigenvalue weighted by atomic mass is 32.2. The van der Waals surface area contributed by atoms with Crippen LogP contribution in [0, 0.1) is 11.8 Å². The normalized spacial score (nSPS) is 25.1. The van der Waals surface area contributed by atoms with Gasteiger partial charge in [-0.15, -0.1) is 0 Å². The first-order valence-electron chi connectivity index (χ1n) is 15.3. The molecule has 2 saturated heterocycles. The van der Waals surface area contributed by atoms with Gasteiger partial charge in [-0.2, -0.15) is 8.42 Å². The molecule has 0 radical (unpaired) electrons. The van der Waals surface area contributed by atoms with Gasteiger partial charge < -0.3 is 15.1 Å². The number of urea groups is 1. The topological polar surface area (TPSA) is 128 Å². The Hall–Kier alpha value is -3.55. The Kier molecular flexibility index (Phi) is 7.91. The van der Waals surface area contributed by atoms with Crippen molar-refractivity contribution in [1.82, 2.24) is 19.6 Å². The van der Waals surface area contributed by atoms with Gasteiger partial charge in [-0.3, -0.25) is 9.69 Å². The highest BCUT2D eigenvalue weighted by molar-refractivity contribution is 7.90. The summed E-state index contributed by atoms with van der Waals surface area (Å²) < 4.78 is 55.9. The lowest BCUT2D eigenvalue weighted by Crippen LogP contribution is -2.41. The molecule has 3 aliphatic heterocycles. The summed E-state index contributed by atoms with van der Waals surface area (Å²) in [5.74, 6) is -2.03. The molecule has 2 aromatic rings. The van der Waals surface area contributed by atoms with Crippen LogP contribution >= 0.6 is 0 Å². The molecule has 6 rings (SSSR count). The number of aromatic nitrogens is 2. The molecule has 238 valence electrons. The van der Waals surface area contributed by atoms with Gasteiger partial charge >= 0.3 is 6.03 Å². The number of alkyl halides is 2. The largest absolute Gasteiger partial charge is 0.370 e. The number of hydrogen-bond donors (Lipinski definition) is 2. The Bertz CT molecular complexity index is 1540. The molecular weight excluding hydrogens is 592 g/mol. The molecule has 1 aliphatic carbocycles. The van der Waals surface area contributed by atoms with E-state index in [0.29, 0.717) is 68.9 Å². The molecule has 0 aromatic carbocycles. The van der Waals surface area contributed by atoms with Gasteiger partial charge in [0.2, 0.25) is 5.92 Å². The van der Waals surface area contributed by atoms with Crippen molar-refractivity contribution in [3.05, 3.63) is 35.9 Å². The summed E-state index contributed by atoms with van der Waals surface area (Å²) in [5.41, 5.74) is -0.299. The Morgan fingerprint density at radius 3 is 2.57 bits per heavy atom. The van der Waals surface area contributed by atoms with Crippen LogP contribution in [-0.2, 0) is 10.0 Å². The highest BCUT2D eigenvalue weighted by Gasteiger charge is 2.42.